The van der Waals surface area contributed by atoms with Crippen LogP contribution in [0.4, 0.5) is 0 Å². The second kappa shape index (κ2) is 7.95. The van der Waals surface area contributed by atoms with Gasteiger partial charge in [-0.2, -0.15) is 5.10 Å². The van der Waals surface area contributed by atoms with Crippen LogP contribution < -0.4 is 0 Å². The van der Waals surface area contributed by atoms with E-state index in [-0.39, 0.29) is 5.92 Å². The topological polar surface area (TPSA) is 58.3 Å². The molecule has 0 saturated heterocycles. The quantitative estimate of drug-likeness (QED) is 0.812. The maximum absolute atomic E-state index is 10.3. The van der Waals surface area contributed by atoms with E-state index in [4.69, 9.17) is 0 Å². The minimum Gasteiger partial charge on any atom is -0.390 e. The van der Waals surface area contributed by atoms with Gasteiger partial charge in [-0.15, -0.1) is 0 Å². The average Bonchev–Trinajstić information content (AvgIpc) is 2.97. The number of nitrogens with zero attached hydrogens (tertiary/aromatic N) is 2. The summed E-state index contributed by atoms with van der Waals surface area (Å²) in [4.78, 5) is 0. The first-order valence-electron chi connectivity index (χ1n) is 8.55. The van der Waals surface area contributed by atoms with Crippen LogP contribution in [-0.4, -0.2) is 32.2 Å². The molecule has 0 amide bonds. The largest absolute Gasteiger partial charge is 0.390 e. The molecule has 0 spiro atoms. The summed E-state index contributed by atoms with van der Waals surface area (Å²) < 4.78 is 2.00. The van der Waals surface area contributed by atoms with Crippen LogP contribution in [0.1, 0.15) is 70.5 Å². The van der Waals surface area contributed by atoms with Crippen molar-refractivity contribution in [1.29, 1.82) is 0 Å². The summed E-state index contributed by atoms with van der Waals surface area (Å²) in [6.45, 7) is 4.33. The van der Waals surface area contributed by atoms with Crippen LogP contribution in [0.15, 0.2) is 12.3 Å². The predicted molar refractivity (Wildman–Crippen MR) is 84.1 cm³/mol. The Morgan fingerprint density at radius 2 is 1.86 bits per heavy atom. The van der Waals surface area contributed by atoms with Crippen LogP contribution in [0.5, 0.6) is 0 Å². The third-order valence-corrected chi connectivity index (χ3v) is 4.93. The highest BCUT2D eigenvalue weighted by Gasteiger charge is 2.28. The van der Waals surface area contributed by atoms with Gasteiger partial charge in [0.15, 0.2) is 0 Å². The summed E-state index contributed by atoms with van der Waals surface area (Å²) in [7, 11) is 0. The van der Waals surface area contributed by atoms with Crippen molar-refractivity contribution in [3.8, 4) is 0 Å². The number of hydrogen-bond donors (Lipinski definition) is 2. The highest BCUT2D eigenvalue weighted by Crippen LogP contribution is 2.28. The SMILES string of the molecule is CCC(CC)n1ccc(CC(O)C(O)C2CCCCC2)n1. The molecule has 1 saturated carbocycles. The Kier molecular flexibility index (Phi) is 6.24. The van der Waals surface area contributed by atoms with Gasteiger partial charge >= 0.3 is 0 Å². The first-order chi connectivity index (χ1) is 10.2. The fourth-order valence-electron chi connectivity index (χ4n) is 3.48. The molecule has 120 valence electrons. The van der Waals surface area contributed by atoms with E-state index in [1.54, 1.807) is 0 Å². The molecule has 2 atom stereocenters. The molecule has 0 aromatic carbocycles. The van der Waals surface area contributed by atoms with Gasteiger partial charge in [-0.25, -0.2) is 0 Å². The molecular weight excluding hydrogens is 264 g/mol. The lowest BCUT2D eigenvalue weighted by Gasteiger charge is -2.29. The van der Waals surface area contributed by atoms with E-state index in [1.165, 1.54) is 19.3 Å². The standard InChI is InChI=1S/C17H30N2O2/c1-3-15(4-2)19-11-10-14(18-19)12-16(20)17(21)13-8-6-5-7-9-13/h10-11,13,15-17,20-21H,3-9,12H2,1-2H3. The Bertz CT molecular complexity index is 409. The maximum atomic E-state index is 10.3. The molecule has 0 aliphatic heterocycles. The van der Waals surface area contributed by atoms with Gasteiger partial charge in [0, 0.05) is 12.6 Å². The zero-order chi connectivity index (χ0) is 15.2. The second-order valence-electron chi connectivity index (χ2n) is 6.42. The van der Waals surface area contributed by atoms with Gasteiger partial charge in [0.2, 0.25) is 0 Å². The van der Waals surface area contributed by atoms with Gasteiger partial charge in [0.05, 0.1) is 23.9 Å². The van der Waals surface area contributed by atoms with Crippen LogP contribution in [0.25, 0.3) is 0 Å². The van der Waals surface area contributed by atoms with E-state index < -0.39 is 12.2 Å². The van der Waals surface area contributed by atoms with Crippen molar-refractivity contribution in [1.82, 2.24) is 9.78 Å². The number of aromatic nitrogens is 2. The molecule has 1 heterocycles. The molecule has 0 radical (unpaired) electrons. The summed E-state index contributed by atoms with van der Waals surface area (Å²) >= 11 is 0. The lowest BCUT2D eigenvalue weighted by Crippen LogP contribution is -2.36. The second-order valence-corrected chi connectivity index (χ2v) is 6.42. The van der Waals surface area contributed by atoms with Crippen LogP contribution in [0, 0.1) is 5.92 Å². The molecule has 2 unspecified atom stereocenters. The van der Waals surface area contributed by atoms with E-state index in [1.807, 2.05) is 16.9 Å². The van der Waals surface area contributed by atoms with Crippen molar-refractivity contribution in [3.63, 3.8) is 0 Å². The summed E-state index contributed by atoms with van der Waals surface area (Å²) in [5.41, 5.74) is 0.879. The van der Waals surface area contributed by atoms with Crippen LogP contribution in [-0.2, 0) is 6.42 Å². The third kappa shape index (κ3) is 4.30. The van der Waals surface area contributed by atoms with E-state index in [0.29, 0.717) is 12.5 Å². The smallest absolute Gasteiger partial charge is 0.0857 e. The lowest BCUT2D eigenvalue weighted by molar-refractivity contribution is -0.0268. The zero-order valence-corrected chi connectivity index (χ0v) is 13.4. The van der Waals surface area contributed by atoms with Crippen LogP contribution in [0.3, 0.4) is 0 Å². The van der Waals surface area contributed by atoms with Crippen molar-refractivity contribution >= 4 is 0 Å². The Hall–Kier alpha value is -0.870. The van der Waals surface area contributed by atoms with E-state index in [9.17, 15) is 10.2 Å². The highest BCUT2D eigenvalue weighted by molar-refractivity contribution is 5.02. The van der Waals surface area contributed by atoms with Gasteiger partial charge in [-0.05, 0) is 37.7 Å². The van der Waals surface area contributed by atoms with E-state index in [2.05, 4.69) is 18.9 Å². The number of hydrogen-bond acceptors (Lipinski definition) is 3. The summed E-state index contributed by atoms with van der Waals surface area (Å²) in [6, 6.07) is 2.40. The number of aliphatic hydroxyl groups is 2. The van der Waals surface area contributed by atoms with Gasteiger partial charge in [-0.1, -0.05) is 33.1 Å². The highest BCUT2D eigenvalue weighted by atomic mass is 16.3. The molecule has 1 aromatic heterocycles. The van der Waals surface area contributed by atoms with E-state index in [0.717, 1.165) is 31.4 Å². The molecule has 4 nitrogen and oxygen atoms in total. The molecular formula is C17H30N2O2. The van der Waals surface area contributed by atoms with Gasteiger partial charge in [-0.3, -0.25) is 4.68 Å². The number of aliphatic hydroxyl groups excluding tert-OH is 2. The summed E-state index contributed by atoms with van der Waals surface area (Å²) in [5, 5.41) is 25.2. The van der Waals surface area contributed by atoms with Crippen molar-refractivity contribution in [2.45, 2.75) is 83.5 Å². The minimum atomic E-state index is -0.696. The molecule has 1 aliphatic rings. The summed E-state index contributed by atoms with van der Waals surface area (Å²) in [6.07, 6.45) is 8.96. The first-order valence-corrected chi connectivity index (χ1v) is 8.55. The monoisotopic (exact) mass is 294 g/mol. The van der Waals surface area contributed by atoms with Crippen molar-refractivity contribution in [2.75, 3.05) is 0 Å². The van der Waals surface area contributed by atoms with Crippen molar-refractivity contribution in [3.05, 3.63) is 18.0 Å². The van der Waals surface area contributed by atoms with Gasteiger partial charge < -0.3 is 10.2 Å². The van der Waals surface area contributed by atoms with Crippen LogP contribution in [0.2, 0.25) is 0 Å². The summed E-state index contributed by atoms with van der Waals surface area (Å²) in [5.74, 6) is 0.259. The van der Waals surface area contributed by atoms with Crippen LogP contribution >= 0.6 is 0 Å². The third-order valence-electron chi connectivity index (χ3n) is 4.93. The van der Waals surface area contributed by atoms with Gasteiger partial charge in [0.25, 0.3) is 0 Å². The fourth-order valence-corrected chi connectivity index (χ4v) is 3.48. The predicted octanol–water partition coefficient (Wildman–Crippen LogP) is 3.09. The lowest BCUT2D eigenvalue weighted by atomic mass is 9.82. The Labute approximate surface area is 128 Å². The first kappa shape index (κ1) is 16.5. The Morgan fingerprint density at radius 1 is 1.19 bits per heavy atom. The fraction of sp³-hybridized carbons (Fsp3) is 0.824. The normalized spacial score (nSPS) is 19.9. The molecule has 1 aliphatic carbocycles. The minimum absolute atomic E-state index is 0.259. The Balaban J connectivity index is 1.91. The molecule has 2 rings (SSSR count). The maximum Gasteiger partial charge on any atom is 0.0857 e. The molecule has 1 aromatic rings. The van der Waals surface area contributed by atoms with E-state index >= 15 is 0 Å². The zero-order valence-electron chi connectivity index (χ0n) is 13.4. The number of rotatable bonds is 7. The van der Waals surface area contributed by atoms with Crippen molar-refractivity contribution in [2.24, 2.45) is 5.92 Å². The van der Waals surface area contributed by atoms with Crippen molar-refractivity contribution < 1.29 is 10.2 Å². The molecule has 21 heavy (non-hydrogen) atoms. The molecule has 2 N–H and O–H groups in total. The van der Waals surface area contributed by atoms with Gasteiger partial charge in [0.1, 0.15) is 0 Å². The molecule has 1 fully saturated rings. The average molecular weight is 294 g/mol. The molecule has 4 heteroatoms. The Morgan fingerprint density at radius 3 is 2.48 bits per heavy atom. The molecule has 0 bridgehead atoms.